The van der Waals surface area contributed by atoms with Gasteiger partial charge in [0.05, 0.1) is 0 Å². The summed E-state index contributed by atoms with van der Waals surface area (Å²) in [6.07, 6.45) is 3.70. The summed E-state index contributed by atoms with van der Waals surface area (Å²) in [6, 6.07) is 9.28. The van der Waals surface area contributed by atoms with Crippen LogP contribution in [0.4, 0.5) is 5.69 Å². The van der Waals surface area contributed by atoms with Crippen LogP contribution in [0.3, 0.4) is 0 Å². The van der Waals surface area contributed by atoms with Crippen LogP contribution in [0.1, 0.15) is 5.56 Å². The van der Waals surface area contributed by atoms with Crippen molar-refractivity contribution in [2.24, 2.45) is 0 Å². The van der Waals surface area contributed by atoms with Gasteiger partial charge in [-0.2, -0.15) is 0 Å². The largest absolute Gasteiger partial charge is 0.508 e. The maximum absolute atomic E-state index is 9.65. The standard InChI is InChI=1S/C12H11BrN2O/c13-10-1-2-12(16)9(7-10)8-15-11-3-5-14-6-4-11/h1-7,16H,8H2,(H,14,15)/p+1. The number of aromatic hydroxyl groups is 1. The van der Waals surface area contributed by atoms with E-state index in [9.17, 15) is 5.11 Å². The number of benzene rings is 1. The summed E-state index contributed by atoms with van der Waals surface area (Å²) in [4.78, 5) is 2.95. The Morgan fingerprint density at radius 1 is 1.19 bits per heavy atom. The van der Waals surface area contributed by atoms with E-state index in [1.165, 1.54) is 0 Å². The SMILES string of the molecule is Oc1ccc(Br)cc1CNc1cc[nH+]cc1. The van der Waals surface area contributed by atoms with Crippen LogP contribution >= 0.6 is 15.9 Å². The second kappa shape index (κ2) is 4.99. The van der Waals surface area contributed by atoms with E-state index in [-0.39, 0.29) is 0 Å². The maximum atomic E-state index is 9.65. The number of hydrogen-bond acceptors (Lipinski definition) is 2. The van der Waals surface area contributed by atoms with Crippen molar-refractivity contribution in [1.29, 1.82) is 0 Å². The van der Waals surface area contributed by atoms with E-state index in [0.29, 0.717) is 12.3 Å². The lowest BCUT2D eigenvalue weighted by molar-refractivity contribution is -0.377. The Labute approximate surface area is 102 Å². The Kier molecular flexibility index (Phi) is 3.41. The lowest BCUT2D eigenvalue weighted by Crippen LogP contribution is -2.03. The molecule has 0 aliphatic rings. The molecule has 0 amide bonds. The number of phenols is 1. The first-order valence-corrected chi connectivity index (χ1v) is 5.72. The minimum Gasteiger partial charge on any atom is -0.508 e. The molecule has 16 heavy (non-hydrogen) atoms. The highest BCUT2D eigenvalue weighted by Crippen LogP contribution is 2.22. The summed E-state index contributed by atoms with van der Waals surface area (Å²) in [5, 5.41) is 12.9. The molecule has 2 aromatic rings. The minimum atomic E-state index is 0.304. The average Bonchev–Trinajstić information content (AvgIpc) is 2.32. The normalized spacial score (nSPS) is 10.1. The van der Waals surface area contributed by atoms with Crippen LogP contribution in [0.25, 0.3) is 0 Å². The molecule has 3 N–H and O–H groups in total. The highest BCUT2D eigenvalue weighted by Gasteiger charge is 2.01. The first kappa shape index (κ1) is 11.0. The lowest BCUT2D eigenvalue weighted by atomic mass is 10.2. The third-order valence-corrected chi connectivity index (χ3v) is 2.74. The van der Waals surface area contributed by atoms with Gasteiger partial charge in [0.2, 0.25) is 0 Å². The van der Waals surface area contributed by atoms with Crippen LogP contribution in [-0.2, 0) is 6.54 Å². The van der Waals surface area contributed by atoms with Crippen molar-refractivity contribution in [2.75, 3.05) is 5.32 Å². The number of rotatable bonds is 3. The molecule has 0 aliphatic carbocycles. The van der Waals surface area contributed by atoms with Crippen LogP contribution in [0.15, 0.2) is 47.2 Å². The van der Waals surface area contributed by atoms with Gasteiger partial charge in [-0.1, -0.05) is 15.9 Å². The van der Waals surface area contributed by atoms with Crippen molar-refractivity contribution < 1.29 is 10.1 Å². The van der Waals surface area contributed by atoms with Gasteiger partial charge in [-0.05, 0) is 18.2 Å². The van der Waals surface area contributed by atoms with E-state index in [1.54, 1.807) is 6.07 Å². The predicted octanol–water partition coefficient (Wildman–Crippen LogP) is 2.58. The van der Waals surface area contributed by atoms with Crippen molar-refractivity contribution in [3.05, 3.63) is 52.8 Å². The molecule has 82 valence electrons. The first-order chi connectivity index (χ1) is 7.75. The van der Waals surface area contributed by atoms with Gasteiger partial charge in [0, 0.05) is 34.4 Å². The molecule has 4 heteroatoms. The van der Waals surface area contributed by atoms with E-state index in [0.717, 1.165) is 15.7 Å². The number of pyridine rings is 1. The smallest absolute Gasteiger partial charge is 0.169 e. The number of hydrogen-bond donors (Lipinski definition) is 2. The molecule has 1 aromatic carbocycles. The molecular weight excluding hydrogens is 268 g/mol. The van der Waals surface area contributed by atoms with Crippen LogP contribution in [0, 0.1) is 0 Å². The molecule has 0 saturated carbocycles. The first-order valence-electron chi connectivity index (χ1n) is 4.93. The zero-order valence-corrected chi connectivity index (χ0v) is 10.2. The summed E-state index contributed by atoms with van der Waals surface area (Å²) in [5.41, 5.74) is 1.88. The molecule has 2 rings (SSSR count). The number of anilines is 1. The Bertz CT molecular complexity index is 474. The monoisotopic (exact) mass is 279 g/mol. The van der Waals surface area contributed by atoms with Crippen molar-refractivity contribution in [3.8, 4) is 5.75 Å². The van der Waals surface area contributed by atoms with Gasteiger partial charge in [0.15, 0.2) is 12.4 Å². The Morgan fingerprint density at radius 2 is 1.94 bits per heavy atom. The number of halogens is 1. The van der Waals surface area contributed by atoms with Gasteiger partial charge in [-0.25, -0.2) is 4.98 Å². The van der Waals surface area contributed by atoms with Gasteiger partial charge in [-0.3, -0.25) is 0 Å². The van der Waals surface area contributed by atoms with Crippen LogP contribution in [0.5, 0.6) is 5.75 Å². The predicted molar refractivity (Wildman–Crippen MR) is 66.1 cm³/mol. The fraction of sp³-hybridized carbons (Fsp3) is 0.0833. The quantitative estimate of drug-likeness (QED) is 0.907. The highest BCUT2D eigenvalue weighted by molar-refractivity contribution is 9.10. The van der Waals surface area contributed by atoms with Gasteiger partial charge in [0.25, 0.3) is 0 Å². The zero-order chi connectivity index (χ0) is 11.4. The molecule has 0 radical (unpaired) electrons. The fourth-order valence-electron chi connectivity index (χ4n) is 1.40. The van der Waals surface area contributed by atoms with Crippen LogP contribution < -0.4 is 10.3 Å². The number of phenolic OH excluding ortho intramolecular Hbond substituents is 1. The van der Waals surface area contributed by atoms with E-state index in [4.69, 9.17) is 0 Å². The Hall–Kier alpha value is -1.55. The third-order valence-electron chi connectivity index (χ3n) is 2.24. The lowest BCUT2D eigenvalue weighted by Gasteiger charge is -2.07. The van der Waals surface area contributed by atoms with Gasteiger partial charge >= 0.3 is 0 Å². The van der Waals surface area contributed by atoms with Crippen molar-refractivity contribution in [2.45, 2.75) is 6.54 Å². The molecule has 0 atom stereocenters. The second-order valence-electron chi connectivity index (χ2n) is 3.42. The van der Waals surface area contributed by atoms with Gasteiger partial charge in [-0.15, -0.1) is 0 Å². The minimum absolute atomic E-state index is 0.304. The fourth-order valence-corrected chi connectivity index (χ4v) is 1.81. The third kappa shape index (κ3) is 2.73. The summed E-state index contributed by atoms with van der Waals surface area (Å²) in [5.74, 6) is 0.304. The summed E-state index contributed by atoms with van der Waals surface area (Å²) in [6.45, 7) is 0.593. The van der Waals surface area contributed by atoms with Crippen molar-refractivity contribution in [1.82, 2.24) is 0 Å². The van der Waals surface area contributed by atoms with Crippen molar-refractivity contribution >= 4 is 21.6 Å². The Balaban J connectivity index is 2.08. The Morgan fingerprint density at radius 3 is 2.69 bits per heavy atom. The molecule has 3 nitrogen and oxygen atoms in total. The maximum Gasteiger partial charge on any atom is 0.169 e. The van der Waals surface area contributed by atoms with Crippen LogP contribution in [0.2, 0.25) is 0 Å². The zero-order valence-electron chi connectivity index (χ0n) is 8.57. The topological polar surface area (TPSA) is 46.4 Å². The summed E-state index contributed by atoms with van der Waals surface area (Å²) < 4.78 is 0.962. The second-order valence-corrected chi connectivity index (χ2v) is 4.33. The number of aromatic nitrogens is 1. The van der Waals surface area contributed by atoms with E-state index < -0.39 is 0 Å². The van der Waals surface area contributed by atoms with Crippen LogP contribution in [-0.4, -0.2) is 5.11 Å². The molecule has 0 aliphatic heterocycles. The molecular formula is C12H12BrN2O+. The van der Waals surface area contributed by atoms with E-state index >= 15 is 0 Å². The highest BCUT2D eigenvalue weighted by atomic mass is 79.9. The van der Waals surface area contributed by atoms with Crippen molar-refractivity contribution in [3.63, 3.8) is 0 Å². The molecule has 0 saturated heterocycles. The van der Waals surface area contributed by atoms with Gasteiger partial charge in [0.1, 0.15) is 5.75 Å². The van der Waals surface area contributed by atoms with E-state index in [1.807, 2.05) is 36.7 Å². The molecule has 0 bridgehead atoms. The average molecular weight is 280 g/mol. The molecule has 0 unspecified atom stereocenters. The number of aromatic amines is 1. The molecule has 0 spiro atoms. The van der Waals surface area contributed by atoms with E-state index in [2.05, 4.69) is 26.2 Å². The molecule has 0 fully saturated rings. The molecule has 1 aromatic heterocycles. The summed E-state index contributed by atoms with van der Waals surface area (Å²) >= 11 is 3.38. The molecule has 1 heterocycles. The summed E-state index contributed by atoms with van der Waals surface area (Å²) in [7, 11) is 0. The van der Waals surface area contributed by atoms with Gasteiger partial charge < -0.3 is 10.4 Å². The number of H-pyrrole nitrogens is 1. The number of nitrogens with one attached hydrogen (secondary N) is 2.